The molecule has 0 N–H and O–H groups in total. The van der Waals surface area contributed by atoms with Crippen LogP contribution in [0.5, 0.6) is 0 Å². The van der Waals surface area contributed by atoms with E-state index in [0.29, 0.717) is 28.2 Å². The molecular formula is C20H12F3NO. The molecule has 0 aliphatic rings. The highest BCUT2D eigenvalue weighted by Crippen LogP contribution is 2.33. The van der Waals surface area contributed by atoms with Crippen molar-refractivity contribution in [2.24, 2.45) is 0 Å². The first kappa shape index (κ1) is 15.4. The molecule has 0 atom stereocenters. The van der Waals surface area contributed by atoms with Gasteiger partial charge in [-0.3, -0.25) is 0 Å². The molecule has 0 fully saturated rings. The van der Waals surface area contributed by atoms with E-state index in [1.165, 1.54) is 6.07 Å². The van der Waals surface area contributed by atoms with Crippen LogP contribution in [0.3, 0.4) is 0 Å². The van der Waals surface area contributed by atoms with Crippen LogP contribution >= 0.6 is 0 Å². The molecule has 0 saturated carbocycles. The van der Waals surface area contributed by atoms with Crippen LogP contribution in [-0.2, 0) is 6.18 Å². The van der Waals surface area contributed by atoms with Crippen molar-refractivity contribution in [2.75, 3.05) is 0 Å². The van der Waals surface area contributed by atoms with Crippen molar-refractivity contribution in [1.82, 2.24) is 4.98 Å². The molecule has 0 spiro atoms. The number of benzene rings is 3. The summed E-state index contributed by atoms with van der Waals surface area (Å²) in [6.07, 6.45) is -4.37. The van der Waals surface area contributed by atoms with Gasteiger partial charge in [0.2, 0.25) is 5.89 Å². The standard InChI is InChI=1S/C20H12F3NO/c21-20(22,23)16-8-4-6-14(12-16)13-5-3-7-15(11-13)19-24-17-9-1-2-10-18(17)25-19/h1-12H. The normalized spacial score (nSPS) is 11.8. The van der Waals surface area contributed by atoms with Crippen molar-refractivity contribution >= 4 is 11.1 Å². The fourth-order valence-corrected chi connectivity index (χ4v) is 2.70. The van der Waals surface area contributed by atoms with Crippen LogP contribution in [0.1, 0.15) is 5.56 Å². The number of hydrogen-bond donors (Lipinski definition) is 0. The van der Waals surface area contributed by atoms with Gasteiger partial charge in [0.05, 0.1) is 5.56 Å². The summed E-state index contributed by atoms with van der Waals surface area (Å²) in [6, 6.07) is 19.8. The topological polar surface area (TPSA) is 26.0 Å². The second-order valence-corrected chi connectivity index (χ2v) is 5.65. The number of para-hydroxylation sites is 2. The van der Waals surface area contributed by atoms with Crippen LogP contribution in [0, 0.1) is 0 Å². The van der Waals surface area contributed by atoms with Crippen LogP contribution in [0.4, 0.5) is 13.2 Å². The van der Waals surface area contributed by atoms with E-state index in [1.807, 2.05) is 30.3 Å². The number of hydrogen-bond acceptors (Lipinski definition) is 2. The summed E-state index contributed by atoms with van der Waals surface area (Å²) in [6.45, 7) is 0. The molecule has 0 bridgehead atoms. The summed E-state index contributed by atoms with van der Waals surface area (Å²) in [5.74, 6) is 0.440. The van der Waals surface area contributed by atoms with E-state index in [9.17, 15) is 13.2 Å². The van der Waals surface area contributed by atoms with Gasteiger partial charge in [0.1, 0.15) is 5.52 Å². The average molecular weight is 339 g/mol. The molecule has 4 rings (SSSR count). The zero-order valence-electron chi connectivity index (χ0n) is 12.9. The summed E-state index contributed by atoms with van der Waals surface area (Å²) in [5, 5.41) is 0. The van der Waals surface area contributed by atoms with Crippen molar-refractivity contribution < 1.29 is 17.6 Å². The number of rotatable bonds is 2. The Balaban J connectivity index is 1.77. The first-order chi connectivity index (χ1) is 12.0. The quantitative estimate of drug-likeness (QED) is 0.436. The number of oxazole rings is 1. The lowest BCUT2D eigenvalue weighted by atomic mass is 10.0. The molecule has 0 aliphatic carbocycles. The number of nitrogens with zero attached hydrogens (tertiary/aromatic N) is 1. The second-order valence-electron chi connectivity index (χ2n) is 5.65. The minimum absolute atomic E-state index is 0.440. The van der Waals surface area contributed by atoms with E-state index >= 15 is 0 Å². The minimum atomic E-state index is -4.37. The lowest BCUT2D eigenvalue weighted by Crippen LogP contribution is -2.04. The highest BCUT2D eigenvalue weighted by atomic mass is 19.4. The molecule has 3 aromatic carbocycles. The molecule has 1 aromatic heterocycles. The smallest absolute Gasteiger partial charge is 0.416 e. The number of aromatic nitrogens is 1. The summed E-state index contributed by atoms with van der Waals surface area (Å²) >= 11 is 0. The molecule has 5 heteroatoms. The molecule has 0 radical (unpaired) electrons. The summed E-state index contributed by atoms with van der Waals surface area (Å²) in [7, 11) is 0. The van der Waals surface area contributed by atoms with Gasteiger partial charge in [-0.15, -0.1) is 0 Å². The lowest BCUT2D eigenvalue weighted by Gasteiger charge is -2.09. The maximum Gasteiger partial charge on any atom is 0.416 e. The Labute approximate surface area is 141 Å². The van der Waals surface area contributed by atoms with Crippen molar-refractivity contribution in [3.05, 3.63) is 78.4 Å². The SMILES string of the molecule is FC(F)(F)c1cccc(-c2cccc(-c3nc4ccccc4o3)c2)c1. The third kappa shape index (κ3) is 3.01. The highest BCUT2D eigenvalue weighted by molar-refractivity contribution is 5.77. The van der Waals surface area contributed by atoms with E-state index in [4.69, 9.17) is 4.42 Å². The Kier molecular flexibility index (Phi) is 3.57. The molecule has 0 amide bonds. The maximum absolute atomic E-state index is 12.9. The van der Waals surface area contributed by atoms with Crippen LogP contribution < -0.4 is 0 Å². The summed E-state index contributed by atoms with van der Waals surface area (Å²) in [5.41, 5.74) is 2.62. The van der Waals surface area contributed by atoms with Crippen molar-refractivity contribution in [3.63, 3.8) is 0 Å². The molecule has 2 nitrogen and oxygen atoms in total. The van der Waals surface area contributed by atoms with E-state index in [-0.39, 0.29) is 0 Å². The van der Waals surface area contributed by atoms with Gasteiger partial charge in [-0.05, 0) is 47.5 Å². The predicted octanol–water partition coefficient (Wildman–Crippen LogP) is 6.18. The van der Waals surface area contributed by atoms with Gasteiger partial charge in [0, 0.05) is 5.56 Å². The largest absolute Gasteiger partial charge is 0.436 e. The third-order valence-electron chi connectivity index (χ3n) is 3.93. The second kappa shape index (κ2) is 5.77. The zero-order valence-corrected chi connectivity index (χ0v) is 12.9. The van der Waals surface area contributed by atoms with E-state index < -0.39 is 11.7 Å². The third-order valence-corrected chi connectivity index (χ3v) is 3.93. The Morgan fingerprint density at radius 1 is 0.720 bits per heavy atom. The van der Waals surface area contributed by atoms with Crippen LogP contribution in [0.25, 0.3) is 33.7 Å². The molecule has 0 unspecified atom stereocenters. The Bertz CT molecular complexity index is 1020. The molecule has 25 heavy (non-hydrogen) atoms. The monoisotopic (exact) mass is 339 g/mol. The number of alkyl halides is 3. The van der Waals surface area contributed by atoms with Crippen molar-refractivity contribution in [2.45, 2.75) is 6.18 Å². The molecule has 0 aliphatic heterocycles. The van der Waals surface area contributed by atoms with Gasteiger partial charge in [-0.25, -0.2) is 4.98 Å². The maximum atomic E-state index is 12.9. The van der Waals surface area contributed by atoms with Crippen LogP contribution in [0.2, 0.25) is 0 Å². The van der Waals surface area contributed by atoms with Gasteiger partial charge in [0.15, 0.2) is 5.58 Å². The molecular weight excluding hydrogens is 327 g/mol. The Hall–Kier alpha value is -3.08. The van der Waals surface area contributed by atoms with Gasteiger partial charge < -0.3 is 4.42 Å². The minimum Gasteiger partial charge on any atom is -0.436 e. The number of fused-ring (bicyclic) bond motifs is 1. The Morgan fingerprint density at radius 2 is 1.40 bits per heavy atom. The van der Waals surface area contributed by atoms with E-state index in [2.05, 4.69) is 4.98 Å². The zero-order chi connectivity index (χ0) is 17.4. The van der Waals surface area contributed by atoms with Gasteiger partial charge in [-0.2, -0.15) is 13.2 Å². The Morgan fingerprint density at radius 3 is 2.16 bits per heavy atom. The highest BCUT2D eigenvalue weighted by Gasteiger charge is 2.30. The molecule has 4 aromatic rings. The predicted molar refractivity (Wildman–Crippen MR) is 89.9 cm³/mol. The molecule has 1 heterocycles. The fourth-order valence-electron chi connectivity index (χ4n) is 2.70. The fraction of sp³-hybridized carbons (Fsp3) is 0.0500. The average Bonchev–Trinajstić information content (AvgIpc) is 3.05. The number of halogens is 3. The van der Waals surface area contributed by atoms with Crippen molar-refractivity contribution in [3.8, 4) is 22.6 Å². The molecule has 124 valence electrons. The van der Waals surface area contributed by atoms with E-state index in [0.717, 1.165) is 17.6 Å². The van der Waals surface area contributed by atoms with Gasteiger partial charge in [0.25, 0.3) is 0 Å². The van der Waals surface area contributed by atoms with Crippen LogP contribution in [0.15, 0.2) is 77.2 Å². The van der Waals surface area contributed by atoms with Crippen LogP contribution in [-0.4, -0.2) is 4.98 Å². The first-order valence-corrected chi connectivity index (χ1v) is 7.64. The van der Waals surface area contributed by atoms with Gasteiger partial charge >= 0.3 is 6.18 Å². The van der Waals surface area contributed by atoms with E-state index in [1.54, 1.807) is 24.3 Å². The molecule has 0 saturated heterocycles. The summed E-state index contributed by atoms with van der Waals surface area (Å²) in [4.78, 5) is 4.43. The van der Waals surface area contributed by atoms with Gasteiger partial charge in [-0.1, -0.05) is 36.4 Å². The summed E-state index contributed by atoms with van der Waals surface area (Å²) < 4.78 is 44.5. The lowest BCUT2D eigenvalue weighted by molar-refractivity contribution is -0.137. The first-order valence-electron chi connectivity index (χ1n) is 7.64. The van der Waals surface area contributed by atoms with Crippen molar-refractivity contribution in [1.29, 1.82) is 0 Å².